The second-order valence-corrected chi connectivity index (χ2v) is 5.91. The Balaban J connectivity index is 2.46. The lowest BCUT2D eigenvalue weighted by molar-refractivity contribution is 0.299. The van der Waals surface area contributed by atoms with Crippen LogP contribution in [0.5, 0.6) is 11.5 Å². The zero-order chi connectivity index (χ0) is 14.9. The van der Waals surface area contributed by atoms with E-state index in [1.165, 1.54) is 13.2 Å². The Bertz CT molecular complexity index is 499. The van der Waals surface area contributed by atoms with Crippen LogP contribution in [0.2, 0.25) is 0 Å². The summed E-state index contributed by atoms with van der Waals surface area (Å²) >= 11 is 3.37. The lowest BCUT2D eigenvalue weighted by atomic mass is 9.98. The average Bonchev–Trinajstić information content (AvgIpc) is 2.80. The van der Waals surface area contributed by atoms with E-state index in [9.17, 15) is 4.39 Å². The lowest BCUT2D eigenvalue weighted by Gasteiger charge is -2.23. The maximum Gasteiger partial charge on any atom is 0.172 e. The number of nitrogens with zero attached hydrogens (tertiary/aromatic N) is 1. The van der Waals surface area contributed by atoms with Crippen LogP contribution in [0.15, 0.2) is 10.5 Å². The quantitative estimate of drug-likeness (QED) is 0.910. The van der Waals surface area contributed by atoms with Crippen molar-refractivity contribution in [2.24, 2.45) is 11.7 Å². The van der Waals surface area contributed by atoms with E-state index in [1.807, 2.05) is 7.05 Å². The van der Waals surface area contributed by atoms with Gasteiger partial charge in [-0.15, -0.1) is 0 Å². The topological polar surface area (TPSA) is 47.7 Å². The van der Waals surface area contributed by atoms with E-state index >= 15 is 0 Å². The monoisotopic (exact) mass is 346 g/mol. The Labute approximate surface area is 127 Å². The van der Waals surface area contributed by atoms with E-state index in [2.05, 4.69) is 20.8 Å². The molecule has 0 aromatic heterocycles. The SMILES string of the molecule is COc1c(F)cc(C2CC(CN)CN2C)c(OC)c1Br. The van der Waals surface area contributed by atoms with Crippen molar-refractivity contribution in [2.45, 2.75) is 12.5 Å². The minimum atomic E-state index is -0.389. The second kappa shape index (κ2) is 6.28. The fraction of sp³-hybridized carbons (Fsp3) is 0.571. The molecular formula is C14H20BrFN2O2. The standard InChI is InChI=1S/C14H20BrFN2O2/c1-18-7-8(6-17)4-11(18)9-5-10(16)14(20-3)12(15)13(9)19-2/h5,8,11H,4,6-7,17H2,1-3H3. The largest absolute Gasteiger partial charge is 0.495 e. The molecule has 1 aromatic rings. The highest BCUT2D eigenvalue weighted by Crippen LogP contribution is 2.45. The molecule has 2 rings (SSSR count). The summed E-state index contributed by atoms with van der Waals surface area (Å²) in [6.07, 6.45) is 0.904. The number of rotatable bonds is 4. The molecule has 1 aliphatic heterocycles. The third-order valence-corrected chi connectivity index (χ3v) is 4.62. The molecule has 2 unspecified atom stereocenters. The van der Waals surface area contributed by atoms with Gasteiger partial charge in [0.25, 0.3) is 0 Å². The van der Waals surface area contributed by atoms with Crippen molar-refractivity contribution in [1.82, 2.24) is 4.90 Å². The van der Waals surface area contributed by atoms with Gasteiger partial charge in [-0.25, -0.2) is 4.39 Å². The molecule has 112 valence electrons. The van der Waals surface area contributed by atoms with E-state index in [0.717, 1.165) is 18.5 Å². The van der Waals surface area contributed by atoms with Gasteiger partial charge in [-0.1, -0.05) is 0 Å². The molecule has 0 amide bonds. The summed E-state index contributed by atoms with van der Waals surface area (Å²) in [5.74, 6) is 0.831. The van der Waals surface area contributed by atoms with Crippen LogP contribution in [-0.4, -0.2) is 39.3 Å². The van der Waals surface area contributed by atoms with Gasteiger partial charge in [-0.05, 0) is 47.9 Å². The number of methoxy groups -OCH3 is 2. The van der Waals surface area contributed by atoms with E-state index in [0.29, 0.717) is 22.7 Å². The number of halogens is 2. The van der Waals surface area contributed by atoms with E-state index in [1.54, 1.807) is 7.11 Å². The maximum atomic E-state index is 14.1. The number of hydrogen-bond donors (Lipinski definition) is 1. The van der Waals surface area contributed by atoms with Gasteiger partial charge >= 0.3 is 0 Å². The number of nitrogens with two attached hydrogens (primary N) is 1. The summed E-state index contributed by atoms with van der Waals surface area (Å²) in [5.41, 5.74) is 6.58. The molecule has 1 saturated heterocycles. The fourth-order valence-corrected chi connectivity index (χ4v) is 3.63. The number of hydrogen-bond acceptors (Lipinski definition) is 4. The molecule has 1 aliphatic rings. The van der Waals surface area contributed by atoms with Crippen LogP contribution in [0.1, 0.15) is 18.0 Å². The minimum absolute atomic E-state index is 0.107. The Morgan fingerprint density at radius 3 is 2.55 bits per heavy atom. The molecule has 20 heavy (non-hydrogen) atoms. The third kappa shape index (κ3) is 2.64. The molecule has 2 N–H and O–H groups in total. The Morgan fingerprint density at radius 2 is 2.05 bits per heavy atom. The van der Waals surface area contributed by atoms with Gasteiger partial charge in [0.2, 0.25) is 0 Å². The molecule has 0 aliphatic carbocycles. The molecule has 0 spiro atoms. The highest BCUT2D eigenvalue weighted by atomic mass is 79.9. The number of ether oxygens (including phenoxy) is 2. The van der Waals surface area contributed by atoms with Crippen LogP contribution in [0.4, 0.5) is 4.39 Å². The van der Waals surface area contributed by atoms with Gasteiger partial charge < -0.3 is 15.2 Å². The van der Waals surface area contributed by atoms with E-state index in [-0.39, 0.29) is 17.6 Å². The molecule has 6 heteroatoms. The molecular weight excluding hydrogens is 327 g/mol. The normalized spacial score (nSPS) is 23.1. The first-order valence-electron chi connectivity index (χ1n) is 6.53. The molecule has 4 nitrogen and oxygen atoms in total. The molecule has 1 heterocycles. The summed E-state index contributed by atoms with van der Waals surface area (Å²) in [6.45, 7) is 1.55. The summed E-state index contributed by atoms with van der Waals surface area (Å²) in [5, 5.41) is 0. The lowest BCUT2D eigenvalue weighted by Crippen LogP contribution is -2.21. The van der Waals surface area contributed by atoms with Crippen molar-refractivity contribution in [3.8, 4) is 11.5 Å². The molecule has 1 fully saturated rings. The van der Waals surface area contributed by atoms with Crippen molar-refractivity contribution in [2.75, 3.05) is 34.4 Å². The maximum absolute atomic E-state index is 14.1. The van der Waals surface area contributed by atoms with Crippen LogP contribution in [0.25, 0.3) is 0 Å². The van der Waals surface area contributed by atoms with Crippen LogP contribution in [0.3, 0.4) is 0 Å². The summed E-state index contributed by atoms with van der Waals surface area (Å²) in [7, 11) is 5.04. The molecule has 2 atom stereocenters. The van der Waals surface area contributed by atoms with Crippen molar-refractivity contribution < 1.29 is 13.9 Å². The van der Waals surface area contributed by atoms with Crippen LogP contribution in [0, 0.1) is 11.7 Å². The fourth-order valence-electron chi connectivity index (χ4n) is 2.88. The number of likely N-dealkylation sites (tertiary alicyclic amines) is 1. The first-order valence-corrected chi connectivity index (χ1v) is 7.32. The van der Waals surface area contributed by atoms with Crippen LogP contribution >= 0.6 is 15.9 Å². The Kier molecular flexibility index (Phi) is 4.88. The molecule has 1 aromatic carbocycles. The van der Waals surface area contributed by atoms with Gasteiger partial charge in [-0.2, -0.15) is 0 Å². The highest BCUT2D eigenvalue weighted by molar-refractivity contribution is 9.10. The Morgan fingerprint density at radius 1 is 1.40 bits per heavy atom. The first-order chi connectivity index (χ1) is 9.53. The average molecular weight is 347 g/mol. The summed E-state index contributed by atoms with van der Waals surface area (Å²) < 4.78 is 25.2. The second-order valence-electron chi connectivity index (χ2n) is 5.12. The van der Waals surface area contributed by atoms with Gasteiger partial charge in [-0.3, -0.25) is 4.90 Å². The van der Waals surface area contributed by atoms with Gasteiger partial charge in [0.05, 0.1) is 14.2 Å². The van der Waals surface area contributed by atoms with Gasteiger partial charge in [0.15, 0.2) is 11.6 Å². The predicted molar refractivity (Wildman–Crippen MR) is 79.7 cm³/mol. The Hall–Kier alpha value is -0.850. The summed E-state index contributed by atoms with van der Waals surface area (Å²) in [6, 6.07) is 1.61. The minimum Gasteiger partial charge on any atom is -0.495 e. The highest BCUT2D eigenvalue weighted by Gasteiger charge is 2.33. The number of benzene rings is 1. The van der Waals surface area contributed by atoms with Crippen molar-refractivity contribution in [1.29, 1.82) is 0 Å². The van der Waals surface area contributed by atoms with Gasteiger partial charge in [0.1, 0.15) is 10.2 Å². The van der Waals surface area contributed by atoms with Crippen molar-refractivity contribution >= 4 is 15.9 Å². The smallest absolute Gasteiger partial charge is 0.172 e. The van der Waals surface area contributed by atoms with Crippen LogP contribution in [-0.2, 0) is 0 Å². The molecule has 0 saturated carbocycles. The van der Waals surface area contributed by atoms with Crippen molar-refractivity contribution in [3.63, 3.8) is 0 Å². The van der Waals surface area contributed by atoms with Gasteiger partial charge in [0, 0.05) is 18.2 Å². The summed E-state index contributed by atoms with van der Waals surface area (Å²) in [4.78, 5) is 2.19. The van der Waals surface area contributed by atoms with Crippen LogP contribution < -0.4 is 15.2 Å². The third-order valence-electron chi connectivity index (χ3n) is 3.90. The van der Waals surface area contributed by atoms with E-state index < -0.39 is 0 Å². The zero-order valence-electron chi connectivity index (χ0n) is 12.0. The van der Waals surface area contributed by atoms with E-state index in [4.69, 9.17) is 15.2 Å². The zero-order valence-corrected chi connectivity index (χ0v) is 13.5. The predicted octanol–water partition coefficient (Wildman–Crippen LogP) is 2.56. The molecule has 0 radical (unpaired) electrons. The first kappa shape index (κ1) is 15.5. The molecule has 0 bridgehead atoms. The van der Waals surface area contributed by atoms with Crippen molar-refractivity contribution in [3.05, 3.63) is 21.9 Å².